The number of rotatable bonds is 3. The van der Waals surface area contributed by atoms with Gasteiger partial charge in [-0.15, -0.1) is 10.2 Å². The third-order valence-corrected chi connectivity index (χ3v) is 2.94. The number of aromatic nitrogens is 2. The normalized spacial score (nSPS) is 20.1. The summed E-state index contributed by atoms with van der Waals surface area (Å²) in [5, 5.41) is 11.2. The van der Waals surface area contributed by atoms with Gasteiger partial charge in [0.1, 0.15) is 0 Å². The van der Waals surface area contributed by atoms with E-state index in [0.29, 0.717) is 18.3 Å². The first-order chi connectivity index (χ1) is 6.68. The lowest BCUT2D eigenvalue weighted by Gasteiger charge is -2.24. The summed E-state index contributed by atoms with van der Waals surface area (Å²) in [6.45, 7) is 4.77. The lowest BCUT2D eigenvalue weighted by atomic mass is 10.0. The highest BCUT2D eigenvalue weighted by atomic mass is 16.4. The largest absolute Gasteiger partial charge is 0.424 e. The Kier molecular flexibility index (Phi) is 2.54. The van der Waals surface area contributed by atoms with Crippen LogP contribution in [0.15, 0.2) is 4.42 Å². The number of nitrogens with one attached hydrogen (secondary N) is 1. The molecule has 0 bridgehead atoms. The van der Waals surface area contributed by atoms with Crippen LogP contribution in [0.3, 0.4) is 0 Å². The fourth-order valence-electron chi connectivity index (χ4n) is 2.03. The van der Waals surface area contributed by atoms with Gasteiger partial charge in [-0.25, -0.2) is 0 Å². The highest BCUT2D eigenvalue weighted by Crippen LogP contribution is 2.28. The van der Waals surface area contributed by atoms with Crippen molar-refractivity contribution >= 4 is 0 Å². The fourth-order valence-corrected chi connectivity index (χ4v) is 2.03. The van der Waals surface area contributed by atoms with Crippen LogP contribution in [0.2, 0.25) is 0 Å². The van der Waals surface area contributed by atoms with Gasteiger partial charge in [-0.1, -0.05) is 12.8 Å². The van der Waals surface area contributed by atoms with Gasteiger partial charge < -0.3 is 9.73 Å². The summed E-state index contributed by atoms with van der Waals surface area (Å²) in [7, 11) is 0. The topological polar surface area (TPSA) is 51.0 Å². The Morgan fingerprint density at radius 2 is 2.07 bits per heavy atom. The smallest absolute Gasteiger partial charge is 0.230 e. The van der Waals surface area contributed by atoms with Crippen molar-refractivity contribution in [3.63, 3.8) is 0 Å². The Morgan fingerprint density at radius 1 is 1.36 bits per heavy atom. The van der Waals surface area contributed by atoms with Gasteiger partial charge >= 0.3 is 0 Å². The van der Waals surface area contributed by atoms with Gasteiger partial charge in [0.25, 0.3) is 0 Å². The Hall–Kier alpha value is -0.900. The molecule has 0 unspecified atom stereocenters. The van der Waals surface area contributed by atoms with E-state index in [0.717, 1.165) is 0 Å². The summed E-state index contributed by atoms with van der Waals surface area (Å²) in [6, 6.07) is 0. The van der Waals surface area contributed by atoms with E-state index < -0.39 is 0 Å². The van der Waals surface area contributed by atoms with E-state index >= 15 is 0 Å². The minimum absolute atomic E-state index is 0.280. The molecular formula is C10H17N3O. The molecule has 1 aromatic rings. The fraction of sp³-hybridized carbons (Fsp3) is 0.800. The molecule has 1 heterocycles. The van der Waals surface area contributed by atoms with Crippen molar-refractivity contribution in [2.45, 2.75) is 51.6 Å². The maximum atomic E-state index is 5.30. The first-order valence-corrected chi connectivity index (χ1v) is 5.22. The molecule has 1 aromatic heterocycles. The lowest BCUT2D eigenvalue weighted by Crippen LogP contribution is -2.38. The zero-order valence-corrected chi connectivity index (χ0v) is 8.84. The average Bonchev–Trinajstić information content (AvgIpc) is 2.73. The molecule has 4 nitrogen and oxygen atoms in total. The molecule has 0 spiro atoms. The summed E-state index contributed by atoms with van der Waals surface area (Å²) >= 11 is 0. The molecule has 0 radical (unpaired) electrons. The molecule has 78 valence electrons. The van der Waals surface area contributed by atoms with Gasteiger partial charge in [-0.3, -0.25) is 0 Å². The van der Waals surface area contributed by atoms with Gasteiger partial charge in [0.15, 0.2) is 0 Å². The molecule has 1 aliphatic rings. The lowest BCUT2D eigenvalue weighted by molar-refractivity contribution is 0.334. The molecule has 1 N–H and O–H groups in total. The third-order valence-electron chi connectivity index (χ3n) is 2.94. The van der Waals surface area contributed by atoms with Gasteiger partial charge in [-0.05, 0) is 19.8 Å². The molecular weight excluding hydrogens is 178 g/mol. The Morgan fingerprint density at radius 3 is 2.64 bits per heavy atom. The maximum Gasteiger partial charge on any atom is 0.230 e. The minimum atomic E-state index is 0.280. The summed E-state index contributed by atoms with van der Waals surface area (Å²) in [4.78, 5) is 0. The molecule has 0 aliphatic heterocycles. The standard InChI is InChI=1S/C10H17N3O/c1-8-12-13-9(14-8)7-11-10(2)5-3-4-6-10/h11H,3-7H2,1-2H3. The van der Waals surface area contributed by atoms with Crippen molar-refractivity contribution in [2.24, 2.45) is 0 Å². The summed E-state index contributed by atoms with van der Waals surface area (Å²) in [5.74, 6) is 1.33. The molecule has 0 aromatic carbocycles. The van der Waals surface area contributed by atoms with E-state index in [1.165, 1.54) is 25.7 Å². The van der Waals surface area contributed by atoms with Crippen LogP contribution in [0.25, 0.3) is 0 Å². The second-order valence-corrected chi connectivity index (χ2v) is 4.34. The van der Waals surface area contributed by atoms with Crippen molar-refractivity contribution in [3.05, 3.63) is 11.8 Å². The molecule has 1 fully saturated rings. The number of aryl methyl sites for hydroxylation is 1. The Labute approximate surface area is 84.1 Å². The van der Waals surface area contributed by atoms with E-state index in [1.807, 2.05) is 6.92 Å². The Balaban J connectivity index is 1.87. The van der Waals surface area contributed by atoms with E-state index in [4.69, 9.17) is 4.42 Å². The van der Waals surface area contributed by atoms with Crippen LogP contribution in [-0.4, -0.2) is 15.7 Å². The maximum absolute atomic E-state index is 5.30. The van der Waals surface area contributed by atoms with Gasteiger partial charge in [0.2, 0.25) is 11.8 Å². The highest BCUT2D eigenvalue weighted by Gasteiger charge is 2.28. The van der Waals surface area contributed by atoms with Gasteiger partial charge in [0.05, 0.1) is 6.54 Å². The molecule has 1 saturated carbocycles. The molecule has 14 heavy (non-hydrogen) atoms. The minimum Gasteiger partial charge on any atom is -0.424 e. The summed E-state index contributed by atoms with van der Waals surface area (Å²) < 4.78 is 5.30. The van der Waals surface area contributed by atoms with E-state index in [-0.39, 0.29) is 5.54 Å². The van der Waals surface area contributed by atoms with Crippen LogP contribution >= 0.6 is 0 Å². The van der Waals surface area contributed by atoms with Crippen molar-refractivity contribution in [3.8, 4) is 0 Å². The van der Waals surface area contributed by atoms with Crippen LogP contribution < -0.4 is 5.32 Å². The second-order valence-electron chi connectivity index (χ2n) is 4.34. The molecule has 2 rings (SSSR count). The predicted molar refractivity (Wildman–Crippen MR) is 52.7 cm³/mol. The Bertz CT molecular complexity index is 302. The molecule has 0 amide bonds. The first-order valence-electron chi connectivity index (χ1n) is 5.22. The molecule has 0 saturated heterocycles. The molecule has 1 aliphatic carbocycles. The second kappa shape index (κ2) is 3.69. The SMILES string of the molecule is Cc1nnc(CNC2(C)CCCC2)o1. The number of hydrogen-bond acceptors (Lipinski definition) is 4. The quantitative estimate of drug-likeness (QED) is 0.799. The van der Waals surface area contributed by atoms with Crippen LogP contribution in [0.1, 0.15) is 44.4 Å². The van der Waals surface area contributed by atoms with Crippen LogP contribution in [0.4, 0.5) is 0 Å². The summed E-state index contributed by atoms with van der Waals surface area (Å²) in [6.07, 6.45) is 5.15. The third kappa shape index (κ3) is 2.12. The van der Waals surface area contributed by atoms with E-state index in [2.05, 4.69) is 22.4 Å². The zero-order chi connectivity index (χ0) is 10.0. The monoisotopic (exact) mass is 195 g/mol. The zero-order valence-electron chi connectivity index (χ0n) is 8.84. The molecule has 4 heteroatoms. The predicted octanol–water partition coefficient (Wildman–Crippen LogP) is 1.80. The van der Waals surface area contributed by atoms with Crippen LogP contribution in [0, 0.1) is 6.92 Å². The van der Waals surface area contributed by atoms with Gasteiger partial charge in [0, 0.05) is 12.5 Å². The van der Waals surface area contributed by atoms with Gasteiger partial charge in [-0.2, -0.15) is 0 Å². The van der Waals surface area contributed by atoms with E-state index in [9.17, 15) is 0 Å². The summed E-state index contributed by atoms with van der Waals surface area (Å²) in [5.41, 5.74) is 0.280. The van der Waals surface area contributed by atoms with Crippen LogP contribution in [-0.2, 0) is 6.54 Å². The average molecular weight is 195 g/mol. The van der Waals surface area contributed by atoms with Crippen molar-refractivity contribution in [1.29, 1.82) is 0 Å². The van der Waals surface area contributed by atoms with Crippen molar-refractivity contribution in [1.82, 2.24) is 15.5 Å². The molecule has 0 atom stereocenters. The highest BCUT2D eigenvalue weighted by molar-refractivity contribution is 4.90. The number of nitrogens with zero attached hydrogens (tertiary/aromatic N) is 2. The van der Waals surface area contributed by atoms with E-state index in [1.54, 1.807) is 0 Å². The first kappa shape index (κ1) is 9.65. The van der Waals surface area contributed by atoms with Crippen molar-refractivity contribution < 1.29 is 4.42 Å². The van der Waals surface area contributed by atoms with Crippen molar-refractivity contribution in [2.75, 3.05) is 0 Å². The van der Waals surface area contributed by atoms with Crippen LogP contribution in [0.5, 0.6) is 0 Å². The number of hydrogen-bond donors (Lipinski definition) is 1.